The van der Waals surface area contributed by atoms with Gasteiger partial charge in [-0.25, -0.2) is 4.79 Å². The first-order chi connectivity index (χ1) is 10.6. The first-order valence-corrected chi connectivity index (χ1v) is 7.85. The summed E-state index contributed by atoms with van der Waals surface area (Å²) in [4.78, 5) is 13.8. The van der Waals surface area contributed by atoms with Gasteiger partial charge in [0.15, 0.2) is 11.4 Å². The van der Waals surface area contributed by atoms with Gasteiger partial charge in [-0.05, 0) is 30.5 Å². The SMILES string of the molecule is COCCCSNC(=O)Nc1noc2cccc(N(C)C)c12. The van der Waals surface area contributed by atoms with E-state index < -0.39 is 0 Å². The number of anilines is 2. The minimum absolute atomic E-state index is 0.328. The van der Waals surface area contributed by atoms with Crippen LogP contribution in [0, 0.1) is 0 Å². The largest absolute Gasteiger partial charge is 0.385 e. The van der Waals surface area contributed by atoms with E-state index in [0.717, 1.165) is 23.2 Å². The smallest absolute Gasteiger partial charge is 0.330 e. The number of hydrogen-bond acceptors (Lipinski definition) is 6. The molecule has 0 aliphatic heterocycles. The normalized spacial score (nSPS) is 10.7. The molecule has 8 heteroatoms. The highest BCUT2D eigenvalue weighted by atomic mass is 32.2. The molecular formula is C14H20N4O3S. The van der Waals surface area contributed by atoms with E-state index in [1.165, 1.54) is 11.9 Å². The van der Waals surface area contributed by atoms with Crippen molar-refractivity contribution in [3.63, 3.8) is 0 Å². The van der Waals surface area contributed by atoms with Crippen LogP contribution in [-0.4, -0.2) is 44.8 Å². The Hall–Kier alpha value is -1.93. The predicted octanol–water partition coefficient (Wildman–Crippen LogP) is 2.70. The summed E-state index contributed by atoms with van der Waals surface area (Å²) in [5.41, 5.74) is 1.57. The summed E-state index contributed by atoms with van der Waals surface area (Å²) in [5.74, 6) is 1.19. The average molecular weight is 324 g/mol. The van der Waals surface area contributed by atoms with Crippen LogP contribution >= 0.6 is 11.9 Å². The number of amides is 2. The molecule has 0 atom stereocenters. The maximum Gasteiger partial charge on any atom is 0.330 e. The van der Waals surface area contributed by atoms with E-state index in [4.69, 9.17) is 9.26 Å². The number of rotatable bonds is 7. The Morgan fingerprint density at radius 2 is 2.27 bits per heavy atom. The minimum Gasteiger partial charge on any atom is -0.385 e. The van der Waals surface area contributed by atoms with Crippen molar-refractivity contribution in [3.05, 3.63) is 18.2 Å². The van der Waals surface area contributed by atoms with Crippen molar-refractivity contribution in [1.82, 2.24) is 9.88 Å². The molecule has 0 saturated heterocycles. The van der Waals surface area contributed by atoms with Crippen LogP contribution < -0.4 is 14.9 Å². The number of hydrogen-bond donors (Lipinski definition) is 2. The summed E-state index contributed by atoms with van der Waals surface area (Å²) >= 11 is 1.33. The number of methoxy groups -OCH3 is 1. The van der Waals surface area contributed by atoms with Crippen LogP contribution in [-0.2, 0) is 4.74 Å². The van der Waals surface area contributed by atoms with Crippen molar-refractivity contribution in [3.8, 4) is 0 Å². The lowest BCUT2D eigenvalue weighted by atomic mass is 10.2. The Labute approximate surface area is 133 Å². The van der Waals surface area contributed by atoms with Crippen molar-refractivity contribution in [2.75, 3.05) is 43.8 Å². The van der Waals surface area contributed by atoms with Crippen molar-refractivity contribution in [1.29, 1.82) is 0 Å². The summed E-state index contributed by atoms with van der Waals surface area (Å²) in [6, 6.07) is 5.32. The Bertz CT molecular complexity index is 630. The maximum atomic E-state index is 11.9. The highest BCUT2D eigenvalue weighted by Crippen LogP contribution is 2.31. The quantitative estimate of drug-likeness (QED) is 0.602. The molecule has 2 amide bonds. The lowest BCUT2D eigenvalue weighted by molar-refractivity contribution is 0.200. The number of nitrogens with zero attached hydrogens (tertiary/aromatic N) is 2. The molecule has 1 heterocycles. The van der Waals surface area contributed by atoms with Crippen LogP contribution in [0.4, 0.5) is 16.3 Å². The van der Waals surface area contributed by atoms with Crippen molar-refractivity contribution < 1.29 is 14.1 Å². The molecule has 1 aromatic carbocycles. The van der Waals surface area contributed by atoms with Gasteiger partial charge in [0.2, 0.25) is 0 Å². The van der Waals surface area contributed by atoms with E-state index in [1.54, 1.807) is 7.11 Å². The molecule has 0 aliphatic rings. The third-order valence-corrected chi connectivity index (χ3v) is 3.77. The van der Waals surface area contributed by atoms with Gasteiger partial charge >= 0.3 is 6.03 Å². The first-order valence-electron chi connectivity index (χ1n) is 6.87. The molecular weight excluding hydrogens is 304 g/mol. The van der Waals surface area contributed by atoms with Crippen LogP contribution in [0.25, 0.3) is 11.0 Å². The van der Waals surface area contributed by atoms with E-state index in [9.17, 15) is 4.79 Å². The fraction of sp³-hybridized carbons (Fsp3) is 0.429. The highest BCUT2D eigenvalue weighted by molar-refractivity contribution is 7.97. The summed E-state index contributed by atoms with van der Waals surface area (Å²) in [5, 5.41) is 7.43. The van der Waals surface area contributed by atoms with Gasteiger partial charge in [0.1, 0.15) is 0 Å². The monoisotopic (exact) mass is 324 g/mol. The van der Waals surface area contributed by atoms with Gasteiger partial charge in [0.25, 0.3) is 0 Å². The second-order valence-corrected chi connectivity index (χ2v) is 5.73. The first kappa shape index (κ1) is 16.4. The van der Waals surface area contributed by atoms with Gasteiger partial charge < -0.3 is 14.2 Å². The zero-order valence-electron chi connectivity index (χ0n) is 12.9. The van der Waals surface area contributed by atoms with Crippen LogP contribution in [0.1, 0.15) is 6.42 Å². The molecule has 0 saturated carbocycles. The second-order valence-electron chi connectivity index (χ2n) is 4.83. The molecule has 2 N–H and O–H groups in total. The van der Waals surface area contributed by atoms with Gasteiger partial charge in [0.05, 0.1) is 11.1 Å². The van der Waals surface area contributed by atoms with E-state index in [1.807, 2.05) is 37.2 Å². The summed E-state index contributed by atoms with van der Waals surface area (Å²) in [6.07, 6.45) is 0.874. The minimum atomic E-state index is -0.328. The predicted molar refractivity (Wildman–Crippen MR) is 89.4 cm³/mol. The molecule has 0 aliphatic carbocycles. The number of carbonyl (C=O) groups is 1. The maximum absolute atomic E-state index is 11.9. The summed E-state index contributed by atoms with van der Waals surface area (Å²) < 4.78 is 12.9. The van der Waals surface area contributed by atoms with Gasteiger partial charge in [-0.2, -0.15) is 0 Å². The highest BCUT2D eigenvalue weighted by Gasteiger charge is 2.15. The molecule has 1 aromatic heterocycles. The molecule has 120 valence electrons. The second kappa shape index (κ2) is 7.90. The summed E-state index contributed by atoms with van der Waals surface area (Å²) in [6.45, 7) is 0.677. The molecule has 2 rings (SSSR count). The zero-order chi connectivity index (χ0) is 15.9. The lowest BCUT2D eigenvalue weighted by Crippen LogP contribution is -2.23. The van der Waals surface area contributed by atoms with E-state index >= 15 is 0 Å². The molecule has 7 nitrogen and oxygen atoms in total. The Balaban J connectivity index is 2.01. The van der Waals surface area contributed by atoms with Gasteiger partial charge in [-0.3, -0.25) is 10.0 Å². The molecule has 0 radical (unpaired) electrons. The number of benzene rings is 1. The average Bonchev–Trinajstić information content (AvgIpc) is 2.90. The fourth-order valence-corrected chi connectivity index (χ4v) is 2.50. The van der Waals surface area contributed by atoms with Crippen molar-refractivity contribution in [2.45, 2.75) is 6.42 Å². The molecule has 0 unspecified atom stereocenters. The number of carbonyl (C=O) groups excluding carboxylic acids is 1. The lowest BCUT2D eigenvalue weighted by Gasteiger charge is -2.13. The number of ether oxygens (including phenoxy) is 1. The standard InChI is InChI=1S/C14H20N4O3S/c1-18(2)10-6-4-7-11-12(10)13(16-21-11)15-14(19)17-22-9-5-8-20-3/h4,6-7H,5,8-9H2,1-3H3,(H2,15,16,17,19). The molecule has 22 heavy (non-hydrogen) atoms. The Kier molecular flexibility index (Phi) is 5.91. The van der Waals surface area contributed by atoms with E-state index in [0.29, 0.717) is 18.0 Å². The topological polar surface area (TPSA) is 79.6 Å². The van der Waals surface area contributed by atoms with Crippen LogP contribution in [0.15, 0.2) is 22.7 Å². The molecule has 0 fully saturated rings. The zero-order valence-corrected chi connectivity index (χ0v) is 13.7. The van der Waals surface area contributed by atoms with Crippen LogP contribution in [0.2, 0.25) is 0 Å². The van der Waals surface area contributed by atoms with Crippen LogP contribution in [0.3, 0.4) is 0 Å². The number of nitrogens with one attached hydrogen (secondary N) is 2. The van der Waals surface area contributed by atoms with E-state index in [-0.39, 0.29) is 6.03 Å². The Morgan fingerprint density at radius 3 is 3.00 bits per heavy atom. The third-order valence-electron chi connectivity index (χ3n) is 2.95. The molecule has 2 aromatic rings. The number of aromatic nitrogens is 1. The van der Waals surface area contributed by atoms with Gasteiger partial charge in [-0.15, -0.1) is 0 Å². The summed E-state index contributed by atoms with van der Waals surface area (Å²) in [7, 11) is 5.51. The number of fused-ring (bicyclic) bond motifs is 1. The molecule has 0 bridgehead atoms. The Morgan fingerprint density at radius 1 is 1.45 bits per heavy atom. The van der Waals surface area contributed by atoms with Gasteiger partial charge in [-0.1, -0.05) is 11.2 Å². The van der Waals surface area contributed by atoms with Crippen molar-refractivity contribution in [2.24, 2.45) is 0 Å². The van der Waals surface area contributed by atoms with Crippen molar-refractivity contribution >= 4 is 40.5 Å². The van der Waals surface area contributed by atoms with E-state index in [2.05, 4.69) is 15.2 Å². The molecule has 0 spiro atoms. The third kappa shape index (κ3) is 4.05. The number of urea groups is 1. The van der Waals surface area contributed by atoms with Crippen LogP contribution in [0.5, 0.6) is 0 Å². The van der Waals surface area contributed by atoms with Gasteiger partial charge in [0, 0.05) is 33.6 Å². The fourth-order valence-electron chi connectivity index (χ4n) is 1.96.